The van der Waals surface area contributed by atoms with Crippen LogP contribution >= 0.6 is 24.0 Å². The smallest absolute Gasteiger partial charge is 0.185 e. The minimum Gasteiger partial charge on any atom is -0.494 e. The second-order valence-corrected chi connectivity index (χ2v) is 8.66. The van der Waals surface area contributed by atoms with Crippen LogP contribution in [0, 0.1) is 11.6 Å². The van der Waals surface area contributed by atoms with E-state index in [4.69, 9.17) is 17.0 Å². The third-order valence-electron chi connectivity index (χ3n) is 4.60. The lowest BCUT2D eigenvalue weighted by Gasteiger charge is -2.17. The van der Waals surface area contributed by atoms with Crippen molar-refractivity contribution >= 4 is 40.2 Å². The van der Waals surface area contributed by atoms with Gasteiger partial charge >= 0.3 is 0 Å². The average Bonchev–Trinajstić information content (AvgIpc) is 3.26. The Morgan fingerprint density at radius 1 is 1.10 bits per heavy atom. The van der Waals surface area contributed by atoms with Crippen molar-refractivity contribution in [1.82, 2.24) is 4.90 Å². The fourth-order valence-corrected chi connectivity index (χ4v) is 4.29. The first-order chi connectivity index (χ1) is 14.5. The molecule has 0 unspecified atom stereocenters. The number of likely N-dealkylation sites (tertiary alicyclic amines) is 1. The molecule has 1 saturated heterocycles. The molecule has 30 heavy (non-hydrogen) atoms. The van der Waals surface area contributed by atoms with E-state index in [1.807, 2.05) is 0 Å². The monoisotopic (exact) mass is 447 g/mol. The van der Waals surface area contributed by atoms with Crippen molar-refractivity contribution in [3.05, 3.63) is 71.3 Å². The van der Waals surface area contributed by atoms with Crippen molar-refractivity contribution in [2.45, 2.75) is 19.3 Å². The van der Waals surface area contributed by atoms with Gasteiger partial charge in [-0.15, -0.1) is 0 Å². The van der Waals surface area contributed by atoms with E-state index < -0.39 is 11.6 Å². The molecule has 3 nitrogen and oxygen atoms in total. The first-order valence-corrected chi connectivity index (χ1v) is 11.2. The van der Waals surface area contributed by atoms with Crippen molar-refractivity contribution in [2.24, 2.45) is 0 Å². The van der Waals surface area contributed by atoms with Gasteiger partial charge in [-0.25, -0.2) is 8.78 Å². The Balaban J connectivity index is 1.41. The zero-order chi connectivity index (χ0) is 21.3. The quantitative estimate of drug-likeness (QED) is 0.223. The van der Waals surface area contributed by atoms with Crippen LogP contribution in [0.25, 0.3) is 6.08 Å². The largest absolute Gasteiger partial charge is 0.494 e. The van der Waals surface area contributed by atoms with Crippen LogP contribution in [0.5, 0.6) is 5.75 Å². The molecular weight excluding hydrogens is 424 g/mol. The molecule has 0 saturated carbocycles. The fraction of sp³-hybridized carbons (Fsp3) is 0.304. The molecule has 2 aromatic carbocycles. The SMILES string of the molecule is O=C(/C=C/c1cc(F)cc(F)c1)c1ccc(OCCCSC(=S)N2CCCC2)cc1. The highest BCUT2D eigenvalue weighted by atomic mass is 32.2. The molecule has 0 aromatic heterocycles. The molecule has 7 heteroatoms. The van der Waals surface area contributed by atoms with Crippen molar-refractivity contribution in [2.75, 3.05) is 25.4 Å². The second-order valence-electron chi connectivity index (χ2n) is 6.94. The molecule has 0 N–H and O–H groups in total. The van der Waals surface area contributed by atoms with Gasteiger partial charge in [0.15, 0.2) is 5.78 Å². The molecule has 1 aliphatic heterocycles. The summed E-state index contributed by atoms with van der Waals surface area (Å²) in [5.74, 6) is -0.00943. The predicted molar refractivity (Wildman–Crippen MR) is 122 cm³/mol. The Hall–Kier alpha value is -2.25. The Morgan fingerprint density at radius 3 is 2.43 bits per heavy atom. The number of thioether (sulfide) groups is 1. The summed E-state index contributed by atoms with van der Waals surface area (Å²) in [7, 11) is 0. The van der Waals surface area contributed by atoms with Crippen molar-refractivity contribution in [3.63, 3.8) is 0 Å². The normalized spacial score (nSPS) is 13.7. The summed E-state index contributed by atoms with van der Waals surface area (Å²) in [5, 5.41) is 0. The van der Waals surface area contributed by atoms with Crippen LogP contribution in [0.2, 0.25) is 0 Å². The van der Waals surface area contributed by atoms with Gasteiger partial charge in [-0.1, -0.05) is 30.1 Å². The maximum absolute atomic E-state index is 13.2. The number of halogens is 2. The van der Waals surface area contributed by atoms with Gasteiger partial charge in [-0.3, -0.25) is 4.79 Å². The third-order valence-corrected chi connectivity index (χ3v) is 6.21. The number of hydrogen-bond acceptors (Lipinski definition) is 4. The number of allylic oxidation sites excluding steroid dienone is 1. The lowest BCUT2D eigenvalue weighted by Crippen LogP contribution is -2.23. The Labute approximate surface area is 185 Å². The molecule has 1 heterocycles. The van der Waals surface area contributed by atoms with Crippen LogP contribution < -0.4 is 4.74 Å². The molecular formula is C23H23F2NO2S2. The van der Waals surface area contributed by atoms with E-state index in [2.05, 4.69) is 4.90 Å². The van der Waals surface area contributed by atoms with E-state index in [0.29, 0.717) is 23.5 Å². The van der Waals surface area contributed by atoms with E-state index in [9.17, 15) is 13.6 Å². The third kappa shape index (κ3) is 6.92. The van der Waals surface area contributed by atoms with E-state index in [0.717, 1.165) is 35.7 Å². The number of ether oxygens (including phenoxy) is 1. The standard InChI is InChI=1S/C23H23F2NO2S2/c24-19-14-17(15-20(25)16-19)4-9-22(27)18-5-7-21(8-6-18)28-12-3-13-30-23(29)26-10-1-2-11-26/h4-9,14-16H,1-3,10-13H2/b9-4+. The summed E-state index contributed by atoms with van der Waals surface area (Å²) in [6.45, 7) is 2.72. The summed E-state index contributed by atoms with van der Waals surface area (Å²) >= 11 is 7.13. The molecule has 1 aliphatic rings. The number of rotatable bonds is 8. The predicted octanol–water partition coefficient (Wildman–Crippen LogP) is 5.74. The molecule has 2 aromatic rings. The number of carbonyl (C=O) groups is 1. The van der Waals surface area contributed by atoms with E-state index in [1.165, 1.54) is 37.1 Å². The van der Waals surface area contributed by atoms with Crippen LogP contribution in [0.4, 0.5) is 8.78 Å². The zero-order valence-corrected chi connectivity index (χ0v) is 18.1. The summed E-state index contributed by atoms with van der Waals surface area (Å²) in [4.78, 5) is 14.5. The molecule has 158 valence electrons. The van der Waals surface area contributed by atoms with Gasteiger partial charge in [0, 0.05) is 30.5 Å². The van der Waals surface area contributed by atoms with Gasteiger partial charge in [0.25, 0.3) is 0 Å². The number of benzene rings is 2. The number of carbonyl (C=O) groups excluding carboxylic acids is 1. The van der Waals surface area contributed by atoms with Gasteiger partial charge in [0.2, 0.25) is 0 Å². The lowest BCUT2D eigenvalue weighted by molar-refractivity contribution is 0.104. The maximum Gasteiger partial charge on any atom is 0.185 e. The van der Waals surface area contributed by atoms with Gasteiger partial charge in [-0.2, -0.15) is 0 Å². The van der Waals surface area contributed by atoms with Crippen LogP contribution in [-0.2, 0) is 0 Å². The molecule has 0 aliphatic carbocycles. The Kier molecular flexibility index (Phi) is 8.39. The fourth-order valence-electron chi connectivity index (χ4n) is 3.05. The molecule has 0 bridgehead atoms. The molecule has 1 fully saturated rings. The van der Waals surface area contributed by atoms with Gasteiger partial charge in [-0.05, 0) is 67.3 Å². The minimum absolute atomic E-state index is 0.252. The summed E-state index contributed by atoms with van der Waals surface area (Å²) in [6.07, 6.45) is 6.02. The van der Waals surface area contributed by atoms with E-state index in [-0.39, 0.29) is 5.78 Å². The lowest BCUT2D eigenvalue weighted by atomic mass is 10.1. The molecule has 0 amide bonds. The first kappa shape index (κ1) is 22.4. The van der Waals surface area contributed by atoms with Crippen LogP contribution in [0.1, 0.15) is 35.2 Å². The van der Waals surface area contributed by atoms with Crippen LogP contribution in [-0.4, -0.2) is 40.5 Å². The van der Waals surface area contributed by atoms with Gasteiger partial charge < -0.3 is 9.64 Å². The summed E-state index contributed by atoms with van der Waals surface area (Å²) in [5.41, 5.74) is 0.768. The molecule has 0 spiro atoms. The Morgan fingerprint density at radius 2 is 1.77 bits per heavy atom. The zero-order valence-electron chi connectivity index (χ0n) is 16.5. The minimum atomic E-state index is -0.681. The van der Waals surface area contributed by atoms with Gasteiger partial charge in [0.05, 0.1) is 6.61 Å². The van der Waals surface area contributed by atoms with E-state index >= 15 is 0 Å². The average molecular weight is 448 g/mol. The highest BCUT2D eigenvalue weighted by Crippen LogP contribution is 2.18. The van der Waals surface area contributed by atoms with Crippen molar-refractivity contribution in [3.8, 4) is 5.75 Å². The highest BCUT2D eigenvalue weighted by molar-refractivity contribution is 8.22. The number of nitrogens with zero attached hydrogens (tertiary/aromatic N) is 1. The van der Waals surface area contributed by atoms with Crippen molar-refractivity contribution in [1.29, 1.82) is 0 Å². The number of ketones is 1. The van der Waals surface area contributed by atoms with E-state index in [1.54, 1.807) is 36.0 Å². The number of thiocarbonyl (C=S) groups is 1. The number of hydrogen-bond donors (Lipinski definition) is 0. The second kappa shape index (κ2) is 11.2. The first-order valence-electron chi connectivity index (χ1n) is 9.84. The summed E-state index contributed by atoms with van der Waals surface area (Å²) in [6, 6.07) is 9.95. The highest BCUT2D eigenvalue weighted by Gasteiger charge is 2.14. The Bertz CT molecular complexity index is 890. The molecule has 0 radical (unpaired) electrons. The van der Waals surface area contributed by atoms with Gasteiger partial charge in [0.1, 0.15) is 21.7 Å². The summed E-state index contributed by atoms with van der Waals surface area (Å²) < 4.78 is 33.1. The van der Waals surface area contributed by atoms with Crippen LogP contribution in [0.15, 0.2) is 48.5 Å². The van der Waals surface area contributed by atoms with Crippen LogP contribution in [0.3, 0.4) is 0 Å². The topological polar surface area (TPSA) is 29.5 Å². The van der Waals surface area contributed by atoms with Crippen molar-refractivity contribution < 1.29 is 18.3 Å². The maximum atomic E-state index is 13.2. The molecule has 0 atom stereocenters. The molecule has 3 rings (SSSR count).